The topological polar surface area (TPSA) is 0 Å². The molecule has 0 bridgehead atoms. The van der Waals surface area contributed by atoms with Gasteiger partial charge in [-0.3, -0.25) is 0 Å². The fourth-order valence-electron chi connectivity index (χ4n) is 1.50. The summed E-state index contributed by atoms with van der Waals surface area (Å²) in [6.45, 7) is 12.0. The maximum Gasteiger partial charge on any atom is -0.0263 e. The second kappa shape index (κ2) is 9.51. The van der Waals surface area contributed by atoms with E-state index in [1.165, 1.54) is 36.8 Å². The molecule has 0 aliphatic heterocycles. The quantitative estimate of drug-likeness (QED) is 0.376. The highest BCUT2D eigenvalue weighted by atomic mass is 14.0. The molecule has 0 spiro atoms. The van der Waals surface area contributed by atoms with Gasteiger partial charge >= 0.3 is 0 Å². The molecule has 0 aliphatic rings. The third-order valence-electron chi connectivity index (χ3n) is 2.47. The molecule has 0 aromatic carbocycles. The summed E-state index contributed by atoms with van der Waals surface area (Å²) in [7, 11) is 0. The Balaban J connectivity index is 4.35. The Labute approximate surface area is 95.1 Å². The molecule has 0 nitrogen and oxygen atoms in total. The van der Waals surface area contributed by atoms with E-state index in [0.29, 0.717) is 0 Å². The minimum atomic E-state index is 1.13. The van der Waals surface area contributed by atoms with Crippen LogP contribution in [0, 0.1) is 0 Å². The molecule has 0 amide bonds. The molecule has 15 heavy (non-hydrogen) atoms. The van der Waals surface area contributed by atoms with E-state index in [9.17, 15) is 0 Å². The van der Waals surface area contributed by atoms with E-state index in [4.69, 9.17) is 0 Å². The fraction of sp³-hybridized carbons (Fsp3) is 0.467. The van der Waals surface area contributed by atoms with Crippen LogP contribution in [0.3, 0.4) is 0 Å². The van der Waals surface area contributed by atoms with E-state index >= 15 is 0 Å². The maximum absolute atomic E-state index is 3.80. The van der Waals surface area contributed by atoms with Crippen molar-refractivity contribution in [1.29, 1.82) is 0 Å². The smallest absolute Gasteiger partial charge is 0.0263 e. The van der Waals surface area contributed by atoms with Gasteiger partial charge in [0.25, 0.3) is 0 Å². The molecule has 0 atom stereocenters. The van der Waals surface area contributed by atoms with Gasteiger partial charge in [0.2, 0.25) is 0 Å². The Kier molecular flexibility index (Phi) is 8.85. The summed E-state index contributed by atoms with van der Waals surface area (Å²) >= 11 is 0. The van der Waals surface area contributed by atoms with E-state index in [0.717, 1.165) is 6.42 Å². The second-order valence-electron chi connectivity index (χ2n) is 3.72. The number of rotatable bonds is 8. The molecule has 0 unspecified atom stereocenters. The average Bonchev–Trinajstić information content (AvgIpc) is 2.26. The van der Waals surface area contributed by atoms with Gasteiger partial charge in [-0.25, -0.2) is 0 Å². The minimum absolute atomic E-state index is 1.13. The number of allylic oxidation sites excluding steroid dienone is 6. The second-order valence-corrected chi connectivity index (χ2v) is 3.72. The molecule has 0 heteroatoms. The van der Waals surface area contributed by atoms with Crippen LogP contribution in [0.4, 0.5) is 0 Å². The van der Waals surface area contributed by atoms with E-state index in [1.807, 2.05) is 18.2 Å². The number of unbranched alkanes of at least 4 members (excludes halogenated alkanes) is 2. The summed E-state index contributed by atoms with van der Waals surface area (Å²) in [6, 6.07) is 0. The van der Waals surface area contributed by atoms with Crippen LogP contribution in [0.5, 0.6) is 0 Å². The predicted molar refractivity (Wildman–Crippen MR) is 71.0 cm³/mol. The van der Waals surface area contributed by atoms with Crippen molar-refractivity contribution < 1.29 is 0 Å². The highest BCUT2D eigenvalue weighted by Crippen LogP contribution is 2.15. The zero-order valence-corrected chi connectivity index (χ0v) is 10.3. The first-order valence-electron chi connectivity index (χ1n) is 5.93. The van der Waals surface area contributed by atoms with Gasteiger partial charge in [-0.05, 0) is 24.8 Å². The lowest BCUT2D eigenvalue weighted by Crippen LogP contribution is -1.84. The van der Waals surface area contributed by atoms with Crippen molar-refractivity contribution in [2.75, 3.05) is 0 Å². The van der Waals surface area contributed by atoms with Crippen molar-refractivity contribution in [3.8, 4) is 0 Å². The zero-order chi connectivity index (χ0) is 11.5. The molecule has 0 rings (SSSR count). The van der Waals surface area contributed by atoms with Gasteiger partial charge in [0.15, 0.2) is 0 Å². The van der Waals surface area contributed by atoms with Crippen molar-refractivity contribution in [2.45, 2.75) is 46.0 Å². The molecule has 84 valence electrons. The highest BCUT2D eigenvalue weighted by molar-refractivity contribution is 5.34. The lowest BCUT2D eigenvalue weighted by atomic mass is 10.0. The molecular weight excluding hydrogens is 180 g/mol. The SMILES string of the molecule is C=C/C=C(C=C)/C=C(/CC)CCCCC. The molecular formula is C15H24. The molecule has 0 aromatic heterocycles. The lowest BCUT2D eigenvalue weighted by Gasteiger charge is -2.04. The Morgan fingerprint density at radius 1 is 1.13 bits per heavy atom. The first-order chi connectivity index (χ1) is 7.28. The van der Waals surface area contributed by atoms with Gasteiger partial charge < -0.3 is 0 Å². The minimum Gasteiger partial charge on any atom is -0.0990 e. The van der Waals surface area contributed by atoms with Crippen molar-refractivity contribution in [1.82, 2.24) is 0 Å². The van der Waals surface area contributed by atoms with E-state index in [1.54, 1.807) is 0 Å². The van der Waals surface area contributed by atoms with Crippen LogP contribution in [0.2, 0.25) is 0 Å². The molecule has 0 saturated carbocycles. The summed E-state index contributed by atoms with van der Waals surface area (Å²) in [4.78, 5) is 0. The van der Waals surface area contributed by atoms with E-state index in [-0.39, 0.29) is 0 Å². The van der Waals surface area contributed by atoms with Crippen molar-refractivity contribution in [3.05, 3.63) is 48.6 Å². The zero-order valence-electron chi connectivity index (χ0n) is 10.3. The third-order valence-corrected chi connectivity index (χ3v) is 2.47. The maximum atomic E-state index is 3.80. The van der Waals surface area contributed by atoms with E-state index in [2.05, 4.69) is 33.1 Å². The molecule has 0 saturated heterocycles. The Morgan fingerprint density at radius 2 is 1.87 bits per heavy atom. The molecule has 0 aromatic rings. The molecule has 0 radical (unpaired) electrons. The van der Waals surface area contributed by atoms with Crippen LogP contribution in [-0.2, 0) is 0 Å². The predicted octanol–water partition coefficient (Wildman–Crippen LogP) is 5.20. The summed E-state index contributed by atoms with van der Waals surface area (Å²) < 4.78 is 0. The Hall–Kier alpha value is -1.04. The van der Waals surface area contributed by atoms with Crippen LogP contribution < -0.4 is 0 Å². The fourth-order valence-corrected chi connectivity index (χ4v) is 1.50. The Morgan fingerprint density at radius 3 is 2.33 bits per heavy atom. The van der Waals surface area contributed by atoms with E-state index < -0.39 is 0 Å². The lowest BCUT2D eigenvalue weighted by molar-refractivity contribution is 0.702. The van der Waals surface area contributed by atoms with Gasteiger partial charge in [0.05, 0.1) is 0 Å². The van der Waals surface area contributed by atoms with Crippen molar-refractivity contribution in [2.24, 2.45) is 0 Å². The third kappa shape index (κ3) is 6.96. The normalized spacial score (nSPS) is 12.7. The summed E-state index contributed by atoms with van der Waals surface area (Å²) in [6.07, 6.45) is 14.2. The Bertz CT molecular complexity index is 241. The summed E-state index contributed by atoms with van der Waals surface area (Å²) in [5.74, 6) is 0. The largest absolute Gasteiger partial charge is 0.0990 e. The first kappa shape index (κ1) is 14.0. The van der Waals surface area contributed by atoms with Crippen LogP contribution in [-0.4, -0.2) is 0 Å². The molecule has 0 fully saturated rings. The molecule has 0 heterocycles. The highest BCUT2D eigenvalue weighted by Gasteiger charge is 1.95. The summed E-state index contributed by atoms with van der Waals surface area (Å²) in [5, 5.41) is 0. The van der Waals surface area contributed by atoms with Gasteiger partial charge in [-0.1, -0.05) is 69.7 Å². The van der Waals surface area contributed by atoms with Crippen molar-refractivity contribution >= 4 is 0 Å². The molecule has 0 aliphatic carbocycles. The molecule has 0 N–H and O–H groups in total. The average molecular weight is 204 g/mol. The van der Waals surface area contributed by atoms with Crippen LogP contribution in [0.25, 0.3) is 0 Å². The number of hydrogen-bond donors (Lipinski definition) is 0. The number of hydrogen-bond acceptors (Lipinski definition) is 0. The van der Waals surface area contributed by atoms with Crippen LogP contribution >= 0.6 is 0 Å². The first-order valence-corrected chi connectivity index (χ1v) is 5.93. The van der Waals surface area contributed by atoms with Gasteiger partial charge in [-0.2, -0.15) is 0 Å². The van der Waals surface area contributed by atoms with Crippen LogP contribution in [0.15, 0.2) is 48.6 Å². The monoisotopic (exact) mass is 204 g/mol. The summed E-state index contributed by atoms with van der Waals surface area (Å²) in [5.41, 5.74) is 2.68. The van der Waals surface area contributed by atoms with Gasteiger partial charge in [0, 0.05) is 0 Å². The van der Waals surface area contributed by atoms with Crippen LogP contribution in [0.1, 0.15) is 46.0 Å². The standard InChI is InChI=1S/C15H24/c1-5-9-10-12-15(8-4)13-14(7-3)11-6-2/h6-7,11,13H,2-3,5,8-10,12H2,1,4H3/b14-11+,15-13-. The van der Waals surface area contributed by atoms with Gasteiger partial charge in [0.1, 0.15) is 0 Å². The van der Waals surface area contributed by atoms with Gasteiger partial charge in [-0.15, -0.1) is 0 Å². The van der Waals surface area contributed by atoms with Crippen molar-refractivity contribution in [3.63, 3.8) is 0 Å².